The highest BCUT2D eigenvalue weighted by Crippen LogP contribution is 2.14. The van der Waals surface area contributed by atoms with E-state index in [1.165, 1.54) is 0 Å². The Morgan fingerprint density at radius 3 is 2.69 bits per heavy atom. The van der Waals surface area contributed by atoms with E-state index in [0.717, 1.165) is 26.2 Å². The van der Waals surface area contributed by atoms with Crippen molar-refractivity contribution in [1.82, 2.24) is 10.2 Å². The van der Waals surface area contributed by atoms with Gasteiger partial charge in [-0.25, -0.2) is 0 Å². The second kappa shape index (κ2) is 5.96. The smallest absolute Gasteiger partial charge is 0.0623 e. The first-order valence-electron chi connectivity index (χ1n) is 6.13. The monoisotopic (exact) mass is 230 g/mol. The minimum absolute atomic E-state index is 0.156. The third kappa shape index (κ3) is 4.01. The Kier molecular flexibility index (Phi) is 5.18. The first-order valence-corrected chi connectivity index (χ1v) is 6.13. The highest BCUT2D eigenvalue weighted by atomic mass is 16.5. The summed E-state index contributed by atoms with van der Waals surface area (Å²) >= 11 is 0. The zero-order valence-corrected chi connectivity index (χ0v) is 11.0. The number of aliphatic hydroxyl groups excluding tert-OH is 1. The van der Waals surface area contributed by atoms with E-state index in [2.05, 4.69) is 38.0 Å². The quantitative estimate of drug-likeness (QED) is 0.696. The lowest BCUT2D eigenvalue weighted by atomic mass is 10.0. The van der Waals surface area contributed by atoms with E-state index >= 15 is 0 Å². The SMILES string of the molecule is CC(C)NC(C)(CO)CN(C)C1CCOC1. The van der Waals surface area contributed by atoms with Crippen LogP contribution in [0.1, 0.15) is 27.2 Å². The fourth-order valence-electron chi connectivity index (χ4n) is 2.39. The molecule has 1 heterocycles. The Labute approximate surface area is 99.0 Å². The lowest BCUT2D eigenvalue weighted by Crippen LogP contribution is -2.57. The number of aliphatic hydroxyl groups is 1. The van der Waals surface area contributed by atoms with Gasteiger partial charge in [-0.1, -0.05) is 13.8 Å². The van der Waals surface area contributed by atoms with Gasteiger partial charge in [0.15, 0.2) is 0 Å². The summed E-state index contributed by atoms with van der Waals surface area (Å²) in [7, 11) is 2.11. The summed E-state index contributed by atoms with van der Waals surface area (Å²) in [5.74, 6) is 0. The second-order valence-corrected chi connectivity index (χ2v) is 5.45. The molecule has 0 aromatic heterocycles. The molecule has 0 amide bonds. The van der Waals surface area contributed by atoms with Crippen LogP contribution in [0.5, 0.6) is 0 Å². The average molecular weight is 230 g/mol. The van der Waals surface area contributed by atoms with Crippen LogP contribution in [0.3, 0.4) is 0 Å². The summed E-state index contributed by atoms with van der Waals surface area (Å²) in [6.07, 6.45) is 1.10. The van der Waals surface area contributed by atoms with Gasteiger partial charge in [0.25, 0.3) is 0 Å². The summed E-state index contributed by atoms with van der Waals surface area (Å²) < 4.78 is 5.38. The molecule has 16 heavy (non-hydrogen) atoms. The summed E-state index contributed by atoms with van der Waals surface area (Å²) in [6.45, 7) is 8.96. The van der Waals surface area contributed by atoms with Crippen LogP contribution in [0.2, 0.25) is 0 Å². The maximum absolute atomic E-state index is 9.51. The van der Waals surface area contributed by atoms with E-state index in [1.807, 2.05) is 0 Å². The van der Waals surface area contributed by atoms with E-state index in [9.17, 15) is 5.11 Å². The van der Waals surface area contributed by atoms with Gasteiger partial charge in [-0.2, -0.15) is 0 Å². The summed E-state index contributed by atoms with van der Waals surface area (Å²) in [5.41, 5.74) is -0.231. The molecule has 1 fully saturated rings. The summed E-state index contributed by atoms with van der Waals surface area (Å²) in [4.78, 5) is 2.29. The zero-order valence-electron chi connectivity index (χ0n) is 11.0. The molecule has 0 aliphatic carbocycles. The van der Waals surface area contributed by atoms with Crippen molar-refractivity contribution < 1.29 is 9.84 Å². The van der Waals surface area contributed by atoms with Crippen LogP contribution in [0.4, 0.5) is 0 Å². The van der Waals surface area contributed by atoms with Gasteiger partial charge in [0.05, 0.1) is 18.8 Å². The molecular formula is C12H26N2O2. The van der Waals surface area contributed by atoms with Gasteiger partial charge in [0.1, 0.15) is 0 Å². The van der Waals surface area contributed by atoms with Crippen molar-refractivity contribution in [3.05, 3.63) is 0 Å². The van der Waals surface area contributed by atoms with Crippen molar-refractivity contribution >= 4 is 0 Å². The fraction of sp³-hybridized carbons (Fsp3) is 1.00. The minimum atomic E-state index is -0.231. The molecule has 1 saturated heterocycles. The standard InChI is InChI=1S/C12H26N2O2/c1-10(2)13-12(3,9-15)8-14(4)11-5-6-16-7-11/h10-11,13,15H,5-9H2,1-4H3. The third-order valence-electron chi connectivity index (χ3n) is 3.11. The van der Waals surface area contributed by atoms with E-state index in [-0.39, 0.29) is 12.1 Å². The van der Waals surface area contributed by atoms with Gasteiger partial charge < -0.3 is 15.2 Å². The highest BCUT2D eigenvalue weighted by Gasteiger charge is 2.29. The zero-order chi connectivity index (χ0) is 12.2. The molecule has 0 spiro atoms. The van der Waals surface area contributed by atoms with Crippen LogP contribution in [-0.2, 0) is 4.74 Å². The van der Waals surface area contributed by atoms with Crippen molar-refractivity contribution in [1.29, 1.82) is 0 Å². The maximum Gasteiger partial charge on any atom is 0.0623 e. The Morgan fingerprint density at radius 1 is 1.56 bits per heavy atom. The molecule has 1 rings (SSSR count). The molecule has 1 aliphatic rings. The first kappa shape index (κ1) is 13.9. The number of ether oxygens (including phenoxy) is 1. The van der Waals surface area contributed by atoms with Crippen LogP contribution < -0.4 is 5.32 Å². The van der Waals surface area contributed by atoms with Gasteiger partial charge >= 0.3 is 0 Å². The average Bonchev–Trinajstić information content (AvgIpc) is 2.69. The molecule has 1 aliphatic heterocycles. The number of nitrogens with one attached hydrogen (secondary N) is 1. The van der Waals surface area contributed by atoms with E-state index in [4.69, 9.17) is 4.74 Å². The van der Waals surface area contributed by atoms with Gasteiger partial charge in [-0.05, 0) is 20.4 Å². The Balaban J connectivity index is 2.47. The number of hydrogen-bond acceptors (Lipinski definition) is 4. The van der Waals surface area contributed by atoms with Crippen LogP contribution in [0.15, 0.2) is 0 Å². The van der Waals surface area contributed by atoms with Crippen LogP contribution in [0, 0.1) is 0 Å². The van der Waals surface area contributed by atoms with E-state index in [1.54, 1.807) is 0 Å². The molecule has 2 unspecified atom stereocenters. The lowest BCUT2D eigenvalue weighted by Gasteiger charge is -2.37. The molecule has 2 N–H and O–H groups in total. The number of likely N-dealkylation sites (N-methyl/N-ethyl adjacent to an activating group) is 1. The van der Waals surface area contributed by atoms with Gasteiger partial charge in [0.2, 0.25) is 0 Å². The minimum Gasteiger partial charge on any atom is -0.394 e. The fourth-order valence-corrected chi connectivity index (χ4v) is 2.39. The molecule has 0 radical (unpaired) electrons. The van der Waals surface area contributed by atoms with Crippen molar-refractivity contribution in [2.75, 3.05) is 33.4 Å². The van der Waals surface area contributed by atoms with E-state index < -0.39 is 0 Å². The number of nitrogens with zero attached hydrogens (tertiary/aromatic N) is 1. The van der Waals surface area contributed by atoms with Crippen LogP contribution in [0.25, 0.3) is 0 Å². The predicted molar refractivity (Wildman–Crippen MR) is 65.6 cm³/mol. The molecule has 0 saturated carbocycles. The summed E-state index contributed by atoms with van der Waals surface area (Å²) in [5, 5.41) is 12.9. The molecular weight excluding hydrogens is 204 g/mol. The van der Waals surface area contributed by atoms with Crippen LogP contribution >= 0.6 is 0 Å². The number of rotatable bonds is 6. The topological polar surface area (TPSA) is 44.7 Å². The van der Waals surface area contributed by atoms with Crippen molar-refractivity contribution in [3.8, 4) is 0 Å². The molecule has 0 aromatic carbocycles. The Bertz CT molecular complexity index is 205. The highest BCUT2D eigenvalue weighted by molar-refractivity contribution is 4.89. The van der Waals surface area contributed by atoms with Crippen LogP contribution in [-0.4, -0.2) is 61.0 Å². The molecule has 0 aromatic rings. The van der Waals surface area contributed by atoms with Gasteiger partial charge in [-0.3, -0.25) is 4.90 Å². The molecule has 4 heteroatoms. The predicted octanol–water partition coefficient (Wildman–Crippen LogP) is 0.456. The second-order valence-electron chi connectivity index (χ2n) is 5.45. The first-order chi connectivity index (χ1) is 7.47. The Hall–Kier alpha value is -0.160. The van der Waals surface area contributed by atoms with E-state index in [0.29, 0.717) is 12.1 Å². The number of hydrogen-bond donors (Lipinski definition) is 2. The largest absolute Gasteiger partial charge is 0.394 e. The lowest BCUT2D eigenvalue weighted by molar-refractivity contribution is 0.0963. The molecule has 0 bridgehead atoms. The Morgan fingerprint density at radius 2 is 2.25 bits per heavy atom. The molecule has 2 atom stereocenters. The van der Waals surface area contributed by atoms with Crippen molar-refractivity contribution in [2.45, 2.75) is 44.8 Å². The molecule has 96 valence electrons. The van der Waals surface area contributed by atoms with Gasteiger partial charge in [-0.15, -0.1) is 0 Å². The molecule has 4 nitrogen and oxygen atoms in total. The third-order valence-corrected chi connectivity index (χ3v) is 3.11. The summed E-state index contributed by atoms with van der Waals surface area (Å²) in [6, 6.07) is 0.880. The maximum atomic E-state index is 9.51. The van der Waals surface area contributed by atoms with Gasteiger partial charge in [0, 0.05) is 25.2 Å². The normalized spacial score (nSPS) is 25.3. The van der Waals surface area contributed by atoms with Crippen molar-refractivity contribution in [3.63, 3.8) is 0 Å². The van der Waals surface area contributed by atoms with Crippen molar-refractivity contribution in [2.24, 2.45) is 0 Å².